The summed E-state index contributed by atoms with van der Waals surface area (Å²) in [6, 6.07) is 6.15. The summed E-state index contributed by atoms with van der Waals surface area (Å²) in [6.45, 7) is 6.29. The maximum atomic E-state index is 6.11. The second-order valence-electron chi connectivity index (χ2n) is 4.97. The number of anilines is 1. The molecule has 1 saturated heterocycles. The van der Waals surface area contributed by atoms with Crippen molar-refractivity contribution in [2.45, 2.75) is 13.0 Å². The molecule has 4 nitrogen and oxygen atoms in total. The fourth-order valence-electron chi connectivity index (χ4n) is 2.49. The Balaban J connectivity index is 2.32. The van der Waals surface area contributed by atoms with Crippen LogP contribution in [0, 0.1) is 0 Å². The summed E-state index contributed by atoms with van der Waals surface area (Å²) < 4.78 is 5.44. The molecule has 1 aromatic carbocycles. The van der Waals surface area contributed by atoms with E-state index in [2.05, 4.69) is 22.9 Å². The molecule has 1 aromatic rings. The molecule has 18 heavy (non-hydrogen) atoms. The third-order valence-electron chi connectivity index (χ3n) is 3.56. The molecule has 2 N–H and O–H groups in total. The minimum Gasteiger partial charge on any atom is -0.496 e. The highest BCUT2D eigenvalue weighted by Crippen LogP contribution is 2.33. The fraction of sp³-hybridized carbons (Fsp3) is 0.571. The van der Waals surface area contributed by atoms with E-state index in [9.17, 15) is 0 Å². The first-order chi connectivity index (χ1) is 8.63. The molecule has 1 aliphatic rings. The largest absolute Gasteiger partial charge is 0.496 e. The highest BCUT2D eigenvalue weighted by Gasteiger charge is 2.20. The number of hydrogen-bond acceptors (Lipinski definition) is 4. The molecule has 0 saturated carbocycles. The summed E-state index contributed by atoms with van der Waals surface area (Å²) in [5, 5.41) is 0. The van der Waals surface area contributed by atoms with E-state index in [0.29, 0.717) is 0 Å². The van der Waals surface area contributed by atoms with Crippen LogP contribution in [0.3, 0.4) is 0 Å². The van der Waals surface area contributed by atoms with Gasteiger partial charge in [0.25, 0.3) is 0 Å². The predicted molar refractivity (Wildman–Crippen MR) is 75.3 cm³/mol. The van der Waals surface area contributed by atoms with Gasteiger partial charge in [0.1, 0.15) is 5.75 Å². The predicted octanol–water partition coefficient (Wildman–Crippen LogP) is 1.47. The summed E-state index contributed by atoms with van der Waals surface area (Å²) in [5.74, 6) is 0.890. The van der Waals surface area contributed by atoms with Crippen LogP contribution in [0.15, 0.2) is 18.2 Å². The van der Waals surface area contributed by atoms with Gasteiger partial charge in [-0.3, -0.25) is 0 Å². The summed E-state index contributed by atoms with van der Waals surface area (Å²) in [6.07, 6.45) is 0. The van der Waals surface area contributed by atoms with Gasteiger partial charge in [0, 0.05) is 43.5 Å². The van der Waals surface area contributed by atoms with Crippen LogP contribution in [0.2, 0.25) is 0 Å². The second kappa shape index (κ2) is 5.59. The van der Waals surface area contributed by atoms with E-state index in [1.165, 1.54) is 5.69 Å². The van der Waals surface area contributed by atoms with Gasteiger partial charge in [-0.15, -0.1) is 0 Å². The summed E-state index contributed by atoms with van der Waals surface area (Å²) in [7, 11) is 3.87. The first kappa shape index (κ1) is 13.2. The Labute approximate surface area is 109 Å². The van der Waals surface area contributed by atoms with Crippen LogP contribution in [0.5, 0.6) is 5.75 Å². The second-order valence-corrected chi connectivity index (χ2v) is 4.97. The third kappa shape index (κ3) is 2.60. The van der Waals surface area contributed by atoms with E-state index < -0.39 is 0 Å². The molecule has 0 amide bonds. The normalized spacial score (nSPS) is 18.8. The Hall–Kier alpha value is -1.26. The molecule has 0 radical (unpaired) electrons. The molecule has 2 rings (SSSR count). The van der Waals surface area contributed by atoms with E-state index in [1.54, 1.807) is 7.11 Å². The highest BCUT2D eigenvalue weighted by atomic mass is 16.5. The summed E-state index contributed by atoms with van der Waals surface area (Å²) >= 11 is 0. The van der Waals surface area contributed by atoms with Crippen LogP contribution in [0.4, 0.5) is 5.69 Å². The van der Waals surface area contributed by atoms with Gasteiger partial charge in [-0.2, -0.15) is 0 Å². The Morgan fingerprint density at radius 1 is 1.22 bits per heavy atom. The van der Waals surface area contributed by atoms with Crippen molar-refractivity contribution in [1.82, 2.24) is 4.90 Å². The van der Waals surface area contributed by atoms with E-state index in [0.717, 1.165) is 37.5 Å². The van der Waals surface area contributed by atoms with Crippen LogP contribution in [0.25, 0.3) is 0 Å². The van der Waals surface area contributed by atoms with Crippen LogP contribution < -0.4 is 15.4 Å². The van der Waals surface area contributed by atoms with E-state index in [1.807, 2.05) is 19.1 Å². The maximum Gasteiger partial charge on any atom is 0.125 e. The zero-order valence-corrected chi connectivity index (χ0v) is 11.5. The molecule has 0 bridgehead atoms. The lowest BCUT2D eigenvalue weighted by molar-refractivity contribution is 0.312. The van der Waals surface area contributed by atoms with Crippen molar-refractivity contribution in [2.24, 2.45) is 5.73 Å². The van der Waals surface area contributed by atoms with E-state index in [4.69, 9.17) is 10.5 Å². The van der Waals surface area contributed by atoms with Gasteiger partial charge in [-0.1, -0.05) is 6.07 Å². The Bertz CT molecular complexity index is 398. The number of benzene rings is 1. The van der Waals surface area contributed by atoms with Crippen molar-refractivity contribution in [3.05, 3.63) is 23.8 Å². The molecule has 0 aromatic heterocycles. The molecule has 100 valence electrons. The van der Waals surface area contributed by atoms with Crippen LogP contribution in [-0.4, -0.2) is 45.2 Å². The molecule has 0 unspecified atom stereocenters. The smallest absolute Gasteiger partial charge is 0.125 e. The van der Waals surface area contributed by atoms with Crippen molar-refractivity contribution in [3.63, 3.8) is 0 Å². The number of nitrogens with two attached hydrogens (primary N) is 1. The quantitative estimate of drug-likeness (QED) is 0.881. The zero-order valence-electron chi connectivity index (χ0n) is 11.5. The van der Waals surface area contributed by atoms with Crippen molar-refractivity contribution >= 4 is 5.69 Å². The molecule has 0 aliphatic carbocycles. The number of likely N-dealkylation sites (N-methyl/N-ethyl adjacent to an activating group) is 1. The molecule has 4 heteroatoms. The number of ether oxygens (including phenoxy) is 1. The van der Waals surface area contributed by atoms with Crippen LogP contribution in [-0.2, 0) is 0 Å². The first-order valence-electron chi connectivity index (χ1n) is 6.49. The monoisotopic (exact) mass is 249 g/mol. The number of piperazine rings is 1. The van der Waals surface area contributed by atoms with E-state index >= 15 is 0 Å². The molecule has 0 spiro atoms. The Morgan fingerprint density at radius 3 is 2.44 bits per heavy atom. The highest BCUT2D eigenvalue weighted by molar-refractivity contribution is 5.61. The number of rotatable bonds is 3. The lowest BCUT2D eigenvalue weighted by Gasteiger charge is -2.36. The van der Waals surface area contributed by atoms with Gasteiger partial charge in [0.2, 0.25) is 0 Å². The number of nitrogens with zero attached hydrogens (tertiary/aromatic N) is 2. The van der Waals surface area contributed by atoms with Gasteiger partial charge < -0.3 is 20.3 Å². The van der Waals surface area contributed by atoms with Gasteiger partial charge in [0.15, 0.2) is 0 Å². The molecule has 1 fully saturated rings. The van der Waals surface area contributed by atoms with Crippen LogP contribution in [0.1, 0.15) is 18.5 Å². The maximum absolute atomic E-state index is 6.11. The standard InChI is InChI=1S/C14H23N3O/c1-11(15)14-12(5-4-6-13(14)18-3)17-9-7-16(2)8-10-17/h4-6,11H,7-10,15H2,1-3H3/t11-/m1/s1. The third-order valence-corrected chi connectivity index (χ3v) is 3.56. The summed E-state index contributed by atoms with van der Waals surface area (Å²) in [4.78, 5) is 4.75. The van der Waals surface area contributed by atoms with Crippen molar-refractivity contribution in [3.8, 4) is 5.75 Å². The Kier molecular flexibility index (Phi) is 4.09. The minimum absolute atomic E-state index is 0.0178. The molecule has 1 aliphatic heterocycles. The van der Waals surface area contributed by atoms with Gasteiger partial charge in [-0.25, -0.2) is 0 Å². The van der Waals surface area contributed by atoms with Gasteiger partial charge in [-0.05, 0) is 26.1 Å². The van der Waals surface area contributed by atoms with Gasteiger partial charge >= 0.3 is 0 Å². The first-order valence-corrected chi connectivity index (χ1v) is 6.49. The lowest BCUT2D eigenvalue weighted by atomic mass is 10.0. The molecular weight excluding hydrogens is 226 g/mol. The van der Waals surface area contributed by atoms with Crippen molar-refractivity contribution in [1.29, 1.82) is 0 Å². The SMILES string of the molecule is COc1cccc(N2CCN(C)CC2)c1[C@@H](C)N. The molecule has 1 heterocycles. The minimum atomic E-state index is -0.0178. The fourth-order valence-corrected chi connectivity index (χ4v) is 2.49. The zero-order chi connectivity index (χ0) is 13.1. The van der Waals surface area contributed by atoms with Crippen molar-refractivity contribution < 1.29 is 4.74 Å². The average Bonchev–Trinajstić information content (AvgIpc) is 2.38. The number of methoxy groups -OCH3 is 1. The Morgan fingerprint density at radius 2 is 1.89 bits per heavy atom. The van der Waals surface area contributed by atoms with Crippen LogP contribution >= 0.6 is 0 Å². The lowest BCUT2D eigenvalue weighted by Crippen LogP contribution is -2.45. The van der Waals surface area contributed by atoms with Crippen molar-refractivity contribution in [2.75, 3.05) is 45.2 Å². The summed E-state index contributed by atoms with van der Waals surface area (Å²) in [5.41, 5.74) is 8.44. The molecule has 1 atom stereocenters. The number of hydrogen-bond donors (Lipinski definition) is 1. The van der Waals surface area contributed by atoms with E-state index in [-0.39, 0.29) is 6.04 Å². The average molecular weight is 249 g/mol. The van der Waals surface area contributed by atoms with Gasteiger partial charge in [0.05, 0.1) is 7.11 Å². The topological polar surface area (TPSA) is 41.7 Å². The molecular formula is C14H23N3O.